The van der Waals surface area contributed by atoms with E-state index in [0.717, 1.165) is 25.8 Å². The van der Waals surface area contributed by atoms with E-state index in [9.17, 15) is 5.11 Å². The molecule has 1 aromatic rings. The molecule has 0 amide bonds. The van der Waals surface area contributed by atoms with Gasteiger partial charge in [-0.2, -0.15) is 15.0 Å². The molecule has 6 nitrogen and oxygen atoms in total. The summed E-state index contributed by atoms with van der Waals surface area (Å²) in [6.07, 6.45) is 3.37. The molecule has 1 aromatic heterocycles. The van der Waals surface area contributed by atoms with Crippen molar-refractivity contribution in [3.05, 3.63) is 5.28 Å². The van der Waals surface area contributed by atoms with Crippen molar-refractivity contribution < 1.29 is 5.11 Å². The van der Waals surface area contributed by atoms with Gasteiger partial charge in [-0.3, -0.25) is 0 Å². The average Bonchev–Trinajstić information content (AvgIpc) is 2.72. The maximum Gasteiger partial charge on any atom is 0.228 e. The van der Waals surface area contributed by atoms with Gasteiger partial charge in [0, 0.05) is 13.2 Å². The number of nitrogens with two attached hydrogens (primary N) is 1. The second kappa shape index (κ2) is 5.46. The number of halogens is 1. The highest BCUT2D eigenvalue weighted by atomic mass is 35.5. The highest BCUT2D eigenvalue weighted by Crippen LogP contribution is 2.31. The van der Waals surface area contributed by atoms with Crippen molar-refractivity contribution in [2.75, 3.05) is 24.2 Å². The molecule has 1 saturated carbocycles. The van der Waals surface area contributed by atoms with Gasteiger partial charge in [0.1, 0.15) is 0 Å². The highest BCUT2D eigenvalue weighted by Gasteiger charge is 2.26. The van der Waals surface area contributed by atoms with E-state index in [1.54, 1.807) is 0 Å². The first kappa shape index (κ1) is 12.3. The van der Waals surface area contributed by atoms with E-state index in [0.29, 0.717) is 17.8 Å². The van der Waals surface area contributed by atoms with Crippen LogP contribution in [-0.4, -0.2) is 33.2 Å². The number of nitrogen functional groups attached to an aromatic ring is 1. The summed E-state index contributed by atoms with van der Waals surface area (Å²) in [5, 5.41) is 12.4. The van der Waals surface area contributed by atoms with Gasteiger partial charge in [-0.25, -0.2) is 0 Å². The Morgan fingerprint density at radius 3 is 2.76 bits per heavy atom. The van der Waals surface area contributed by atoms with E-state index >= 15 is 0 Å². The molecule has 0 radical (unpaired) electrons. The van der Waals surface area contributed by atoms with Crippen molar-refractivity contribution in [1.29, 1.82) is 0 Å². The molecule has 0 aromatic carbocycles. The van der Waals surface area contributed by atoms with Gasteiger partial charge in [0.25, 0.3) is 0 Å². The fourth-order valence-electron chi connectivity index (χ4n) is 2.29. The summed E-state index contributed by atoms with van der Waals surface area (Å²) in [5.41, 5.74) is 5.47. The van der Waals surface area contributed by atoms with Crippen LogP contribution in [0.3, 0.4) is 0 Å². The zero-order valence-corrected chi connectivity index (χ0v) is 10.2. The van der Waals surface area contributed by atoms with E-state index in [4.69, 9.17) is 17.3 Å². The fourth-order valence-corrected chi connectivity index (χ4v) is 2.46. The number of aliphatic hydroxyl groups is 1. The molecule has 1 heterocycles. The second-order valence-corrected chi connectivity index (χ2v) is 4.64. The number of anilines is 2. The van der Waals surface area contributed by atoms with E-state index < -0.39 is 0 Å². The molecule has 0 saturated heterocycles. The van der Waals surface area contributed by atoms with Gasteiger partial charge < -0.3 is 16.2 Å². The van der Waals surface area contributed by atoms with Crippen LogP contribution in [0.25, 0.3) is 0 Å². The molecule has 1 aliphatic rings. The summed E-state index contributed by atoms with van der Waals surface area (Å²) in [5.74, 6) is 1.33. The molecule has 2 atom stereocenters. The molecule has 0 aliphatic heterocycles. The van der Waals surface area contributed by atoms with Crippen molar-refractivity contribution in [3.63, 3.8) is 0 Å². The smallest absolute Gasteiger partial charge is 0.228 e. The Morgan fingerprint density at radius 1 is 1.29 bits per heavy atom. The third-order valence-electron chi connectivity index (χ3n) is 3.20. The Hall–Kier alpha value is -1.14. The minimum Gasteiger partial charge on any atom is -0.396 e. The first-order valence-electron chi connectivity index (χ1n) is 5.71. The van der Waals surface area contributed by atoms with Crippen LogP contribution in [0, 0.1) is 11.8 Å². The van der Waals surface area contributed by atoms with Crippen molar-refractivity contribution in [1.82, 2.24) is 15.0 Å². The van der Waals surface area contributed by atoms with Crippen molar-refractivity contribution in [2.24, 2.45) is 11.8 Å². The maximum absolute atomic E-state index is 9.21. The van der Waals surface area contributed by atoms with Gasteiger partial charge in [0.15, 0.2) is 0 Å². The molecular formula is C10H16ClN5O. The largest absolute Gasteiger partial charge is 0.396 e. The Kier molecular flexibility index (Phi) is 3.96. The van der Waals surface area contributed by atoms with Gasteiger partial charge >= 0.3 is 0 Å². The quantitative estimate of drug-likeness (QED) is 0.742. The molecule has 7 heteroatoms. The van der Waals surface area contributed by atoms with Crippen LogP contribution in [0.1, 0.15) is 19.3 Å². The Balaban J connectivity index is 1.93. The van der Waals surface area contributed by atoms with E-state index in [1.807, 2.05) is 0 Å². The van der Waals surface area contributed by atoms with Gasteiger partial charge in [-0.05, 0) is 36.3 Å². The lowest BCUT2D eigenvalue weighted by molar-refractivity contribution is 0.199. The van der Waals surface area contributed by atoms with E-state index in [1.165, 1.54) is 0 Å². The fraction of sp³-hybridized carbons (Fsp3) is 0.700. The minimum absolute atomic E-state index is 0.0881. The number of hydrogen-bond donors (Lipinski definition) is 3. The summed E-state index contributed by atoms with van der Waals surface area (Å²) in [4.78, 5) is 11.6. The molecule has 0 spiro atoms. The number of aliphatic hydroxyl groups excluding tert-OH is 1. The number of nitrogens with one attached hydrogen (secondary N) is 1. The van der Waals surface area contributed by atoms with E-state index in [2.05, 4.69) is 20.3 Å². The second-order valence-electron chi connectivity index (χ2n) is 4.30. The van der Waals surface area contributed by atoms with Gasteiger partial charge in [-0.1, -0.05) is 6.42 Å². The van der Waals surface area contributed by atoms with Gasteiger partial charge in [0.05, 0.1) is 0 Å². The average molecular weight is 258 g/mol. The summed E-state index contributed by atoms with van der Waals surface area (Å²) < 4.78 is 0. The number of aromatic nitrogens is 3. The number of hydrogen-bond acceptors (Lipinski definition) is 6. The van der Waals surface area contributed by atoms with Crippen LogP contribution in [-0.2, 0) is 0 Å². The molecule has 17 heavy (non-hydrogen) atoms. The third-order valence-corrected chi connectivity index (χ3v) is 3.37. The molecule has 1 fully saturated rings. The topological polar surface area (TPSA) is 97.0 Å². The normalized spacial score (nSPS) is 23.9. The number of nitrogens with zero attached hydrogens (tertiary/aromatic N) is 3. The minimum atomic E-state index is 0.0881. The van der Waals surface area contributed by atoms with Gasteiger partial charge in [0.2, 0.25) is 17.2 Å². The van der Waals surface area contributed by atoms with Crippen LogP contribution in [0.4, 0.5) is 11.9 Å². The highest BCUT2D eigenvalue weighted by molar-refractivity contribution is 6.28. The van der Waals surface area contributed by atoms with Crippen LogP contribution < -0.4 is 11.1 Å². The number of rotatable bonds is 4. The summed E-state index contributed by atoms with van der Waals surface area (Å²) >= 11 is 5.68. The lowest BCUT2D eigenvalue weighted by Gasteiger charge is -2.17. The maximum atomic E-state index is 9.21. The monoisotopic (exact) mass is 257 g/mol. The molecule has 4 N–H and O–H groups in total. The van der Waals surface area contributed by atoms with E-state index in [-0.39, 0.29) is 17.8 Å². The molecule has 2 unspecified atom stereocenters. The summed E-state index contributed by atoms with van der Waals surface area (Å²) in [7, 11) is 0. The zero-order chi connectivity index (χ0) is 12.3. The van der Waals surface area contributed by atoms with Crippen LogP contribution in [0.15, 0.2) is 0 Å². The Morgan fingerprint density at radius 2 is 2.06 bits per heavy atom. The summed E-state index contributed by atoms with van der Waals surface area (Å²) in [6, 6.07) is 0. The van der Waals surface area contributed by atoms with Crippen LogP contribution >= 0.6 is 11.6 Å². The third kappa shape index (κ3) is 3.17. The lowest BCUT2D eigenvalue weighted by Crippen LogP contribution is -2.21. The lowest BCUT2D eigenvalue weighted by atomic mass is 9.97. The van der Waals surface area contributed by atoms with Crippen molar-refractivity contribution in [3.8, 4) is 0 Å². The zero-order valence-electron chi connectivity index (χ0n) is 9.43. The molecule has 1 aliphatic carbocycles. The Bertz CT molecular complexity index is 369. The standard InChI is InChI=1S/C10H16ClN5O/c11-8-14-9(12)16-10(15-8)13-4-6-2-1-3-7(6)5-17/h6-7,17H,1-5H2,(H3,12,13,14,15,16). The SMILES string of the molecule is Nc1nc(Cl)nc(NCC2CCCC2CO)n1. The van der Waals surface area contributed by atoms with Crippen molar-refractivity contribution in [2.45, 2.75) is 19.3 Å². The van der Waals surface area contributed by atoms with Crippen LogP contribution in [0.5, 0.6) is 0 Å². The summed E-state index contributed by atoms with van der Waals surface area (Å²) in [6.45, 7) is 0.970. The van der Waals surface area contributed by atoms with Crippen molar-refractivity contribution >= 4 is 23.5 Å². The molecular weight excluding hydrogens is 242 g/mol. The molecule has 0 bridgehead atoms. The van der Waals surface area contributed by atoms with Gasteiger partial charge in [-0.15, -0.1) is 0 Å². The van der Waals surface area contributed by atoms with Crippen LogP contribution in [0.2, 0.25) is 5.28 Å². The first-order valence-corrected chi connectivity index (χ1v) is 6.08. The molecule has 2 rings (SSSR count). The molecule has 94 valence electrons. The predicted octanol–water partition coefficient (Wildman–Crippen LogP) is 0.928. The predicted molar refractivity (Wildman–Crippen MR) is 65.7 cm³/mol. The Labute approximate surface area is 105 Å². The first-order chi connectivity index (χ1) is 8.19.